The first-order valence-electron chi connectivity index (χ1n) is 5.17. The second-order valence-corrected chi connectivity index (χ2v) is 3.96. The van der Waals surface area contributed by atoms with E-state index in [1.54, 1.807) is 13.0 Å². The van der Waals surface area contributed by atoms with E-state index in [-0.39, 0.29) is 0 Å². The molecular formula is C13H17NO2. The van der Waals surface area contributed by atoms with Crippen LogP contribution in [0.3, 0.4) is 0 Å². The Morgan fingerprint density at radius 2 is 2.12 bits per heavy atom. The topological polar surface area (TPSA) is 40.5 Å². The van der Waals surface area contributed by atoms with Gasteiger partial charge in [0.1, 0.15) is 0 Å². The van der Waals surface area contributed by atoms with Gasteiger partial charge in [0.25, 0.3) is 0 Å². The van der Waals surface area contributed by atoms with Crippen LogP contribution in [-0.2, 0) is 11.2 Å². The summed E-state index contributed by atoms with van der Waals surface area (Å²) < 4.78 is 0. The summed E-state index contributed by atoms with van der Waals surface area (Å²) in [6.45, 7) is 1.61. The van der Waals surface area contributed by atoms with Crippen molar-refractivity contribution in [3.05, 3.63) is 41.5 Å². The van der Waals surface area contributed by atoms with Gasteiger partial charge in [-0.15, -0.1) is 0 Å². The van der Waals surface area contributed by atoms with E-state index in [1.165, 1.54) is 0 Å². The molecule has 0 bridgehead atoms. The Balaban J connectivity index is 2.79. The third-order valence-corrected chi connectivity index (χ3v) is 2.41. The van der Waals surface area contributed by atoms with E-state index in [2.05, 4.69) is 6.07 Å². The van der Waals surface area contributed by atoms with Crippen LogP contribution in [0.15, 0.2) is 35.9 Å². The zero-order valence-electron chi connectivity index (χ0n) is 9.90. The lowest BCUT2D eigenvalue weighted by Crippen LogP contribution is -2.08. The molecule has 1 N–H and O–H groups in total. The fourth-order valence-electron chi connectivity index (χ4n) is 1.32. The highest BCUT2D eigenvalue weighted by Crippen LogP contribution is 2.14. The summed E-state index contributed by atoms with van der Waals surface area (Å²) >= 11 is 0. The molecular weight excluding hydrogens is 202 g/mol. The first-order valence-corrected chi connectivity index (χ1v) is 5.17. The summed E-state index contributed by atoms with van der Waals surface area (Å²) in [5.74, 6) is -0.858. The molecule has 0 saturated carbocycles. The van der Waals surface area contributed by atoms with Crippen molar-refractivity contribution in [2.24, 2.45) is 0 Å². The van der Waals surface area contributed by atoms with Gasteiger partial charge in [-0.1, -0.05) is 18.2 Å². The van der Waals surface area contributed by atoms with Crippen LogP contribution >= 0.6 is 0 Å². The summed E-state index contributed by atoms with van der Waals surface area (Å²) in [7, 11) is 3.97. The Kier molecular flexibility index (Phi) is 4.11. The van der Waals surface area contributed by atoms with Gasteiger partial charge in [-0.25, -0.2) is 4.79 Å². The summed E-state index contributed by atoms with van der Waals surface area (Å²) in [6.07, 6.45) is 2.39. The SMILES string of the molecule is CC(=CCc1cccc(N(C)C)c1)C(=O)O. The van der Waals surface area contributed by atoms with Gasteiger partial charge in [-0.2, -0.15) is 0 Å². The average molecular weight is 219 g/mol. The predicted molar refractivity (Wildman–Crippen MR) is 65.9 cm³/mol. The van der Waals surface area contributed by atoms with Gasteiger partial charge >= 0.3 is 5.97 Å². The fraction of sp³-hybridized carbons (Fsp3) is 0.308. The number of nitrogens with zero attached hydrogens (tertiary/aromatic N) is 1. The van der Waals surface area contributed by atoms with Crippen molar-refractivity contribution in [3.8, 4) is 0 Å². The maximum absolute atomic E-state index is 10.6. The zero-order valence-corrected chi connectivity index (χ0v) is 9.90. The molecule has 1 aromatic rings. The standard InChI is InChI=1S/C13H17NO2/c1-10(13(15)16)7-8-11-5-4-6-12(9-11)14(2)3/h4-7,9H,8H2,1-3H3,(H,15,16). The van der Waals surface area contributed by atoms with Crippen LogP contribution in [-0.4, -0.2) is 25.2 Å². The molecule has 1 rings (SSSR count). The Labute approximate surface area is 96.0 Å². The lowest BCUT2D eigenvalue weighted by molar-refractivity contribution is -0.132. The zero-order chi connectivity index (χ0) is 12.1. The molecule has 86 valence electrons. The maximum atomic E-state index is 10.6. The van der Waals surface area contributed by atoms with Gasteiger partial charge in [0.05, 0.1) is 0 Å². The van der Waals surface area contributed by atoms with Crippen LogP contribution in [0.25, 0.3) is 0 Å². The lowest BCUT2D eigenvalue weighted by Gasteiger charge is -2.13. The number of carbonyl (C=O) groups is 1. The van der Waals surface area contributed by atoms with Crippen LogP contribution in [0.2, 0.25) is 0 Å². The summed E-state index contributed by atoms with van der Waals surface area (Å²) in [4.78, 5) is 12.6. The molecule has 0 spiro atoms. The summed E-state index contributed by atoms with van der Waals surface area (Å²) in [5.41, 5.74) is 2.63. The number of anilines is 1. The van der Waals surface area contributed by atoms with Crippen LogP contribution in [0.4, 0.5) is 5.69 Å². The molecule has 0 aromatic heterocycles. The highest BCUT2D eigenvalue weighted by molar-refractivity contribution is 5.85. The molecule has 0 heterocycles. The maximum Gasteiger partial charge on any atom is 0.330 e. The minimum absolute atomic E-state index is 0.384. The van der Waals surface area contributed by atoms with Gasteiger partial charge in [-0.05, 0) is 31.0 Å². The van der Waals surface area contributed by atoms with E-state index in [1.807, 2.05) is 37.2 Å². The molecule has 3 nitrogen and oxygen atoms in total. The lowest BCUT2D eigenvalue weighted by atomic mass is 10.1. The molecule has 0 atom stereocenters. The number of carboxylic acids is 1. The minimum atomic E-state index is -0.858. The Morgan fingerprint density at radius 3 is 2.69 bits per heavy atom. The van der Waals surface area contributed by atoms with Crippen LogP contribution in [0.5, 0.6) is 0 Å². The monoisotopic (exact) mass is 219 g/mol. The van der Waals surface area contributed by atoms with Crippen molar-refractivity contribution < 1.29 is 9.90 Å². The van der Waals surface area contributed by atoms with Gasteiger partial charge in [0, 0.05) is 25.4 Å². The Bertz CT molecular complexity index is 408. The molecule has 0 aliphatic heterocycles. The van der Waals surface area contributed by atoms with E-state index in [0.717, 1.165) is 11.3 Å². The molecule has 3 heteroatoms. The van der Waals surface area contributed by atoms with E-state index < -0.39 is 5.97 Å². The highest BCUT2D eigenvalue weighted by atomic mass is 16.4. The Hall–Kier alpha value is -1.77. The van der Waals surface area contributed by atoms with Gasteiger partial charge in [0.2, 0.25) is 0 Å². The van der Waals surface area contributed by atoms with Crippen molar-refractivity contribution in [2.45, 2.75) is 13.3 Å². The van der Waals surface area contributed by atoms with Crippen molar-refractivity contribution in [2.75, 3.05) is 19.0 Å². The van der Waals surface area contributed by atoms with Crippen LogP contribution in [0, 0.1) is 0 Å². The van der Waals surface area contributed by atoms with Crippen molar-refractivity contribution >= 4 is 11.7 Å². The quantitative estimate of drug-likeness (QED) is 0.790. The highest BCUT2D eigenvalue weighted by Gasteiger charge is 2.00. The number of benzene rings is 1. The normalized spacial score (nSPS) is 11.3. The number of rotatable bonds is 4. The molecule has 1 aromatic carbocycles. The molecule has 0 radical (unpaired) electrons. The predicted octanol–water partition coefficient (Wildman–Crippen LogP) is 2.33. The smallest absolute Gasteiger partial charge is 0.330 e. The van der Waals surface area contributed by atoms with Gasteiger partial charge in [0.15, 0.2) is 0 Å². The number of carboxylic acid groups (broad SMARTS) is 1. The first kappa shape index (κ1) is 12.3. The third-order valence-electron chi connectivity index (χ3n) is 2.41. The van der Waals surface area contributed by atoms with E-state index in [9.17, 15) is 4.79 Å². The molecule has 0 saturated heterocycles. The number of allylic oxidation sites excluding steroid dienone is 1. The molecule has 0 unspecified atom stereocenters. The van der Waals surface area contributed by atoms with Crippen molar-refractivity contribution in [1.29, 1.82) is 0 Å². The molecule has 0 aliphatic carbocycles. The van der Waals surface area contributed by atoms with E-state index in [0.29, 0.717) is 12.0 Å². The average Bonchev–Trinajstić information content (AvgIpc) is 2.26. The van der Waals surface area contributed by atoms with Gasteiger partial charge in [-0.3, -0.25) is 0 Å². The number of aliphatic carboxylic acids is 1. The van der Waals surface area contributed by atoms with Crippen molar-refractivity contribution in [3.63, 3.8) is 0 Å². The van der Waals surface area contributed by atoms with E-state index >= 15 is 0 Å². The Morgan fingerprint density at radius 1 is 1.44 bits per heavy atom. The largest absolute Gasteiger partial charge is 0.478 e. The molecule has 0 amide bonds. The number of hydrogen-bond acceptors (Lipinski definition) is 2. The van der Waals surface area contributed by atoms with Crippen molar-refractivity contribution in [1.82, 2.24) is 0 Å². The molecule has 0 aliphatic rings. The molecule has 16 heavy (non-hydrogen) atoms. The van der Waals surface area contributed by atoms with Crippen LogP contribution in [0.1, 0.15) is 12.5 Å². The minimum Gasteiger partial charge on any atom is -0.478 e. The van der Waals surface area contributed by atoms with Crippen LogP contribution < -0.4 is 4.90 Å². The molecule has 0 fully saturated rings. The van der Waals surface area contributed by atoms with E-state index in [4.69, 9.17) is 5.11 Å². The second-order valence-electron chi connectivity index (χ2n) is 3.96. The van der Waals surface area contributed by atoms with Gasteiger partial charge < -0.3 is 10.0 Å². The fourth-order valence-corrected chi connectivity index (χ4v) is 1.32. The number of hydrogen-bond donors (Lipinski definition) is 1. The summed E-state index contributed by atoms with van der Waals surface area (Å²) in [5, 5.41) is 8.73. The third kappa shape index (κ3) is 3.42. The first-order chi connectivity index (χ1) is 7.50. The second kappa shape index (κ2) is 5.35. The summed E-state index contributed by atoms with van der Waals surface area (Å²) in [6, 6.07) is 8.07.